The standard InChI is InChI=1S/C11H24O2S/c1-4-5-6-12-7-8-13-9-11(2,3)10-14/h14H,4-10H2,1-3H3. The maximum atomic E-state index is 5.50. The Morgan fingerprint density at radius 3 is 2.29 bits per heavy atom. The summed E-state index contributed by atoms with van der Waals surface area (Å²) in [5.74, 6) is 0.851. The number of hydrogen-bond acceptors (Lipinski definition) is 3. The van der Waals surface area contributed by atoms with E-state index in [0.29, 0.717) is 13.2 Å². The quantitative estimate of drug-likeness (QED) is 0.476. The van der Waals surface area contributed by atoms with Gasteiger partial charge in [0.15, 0.2) is 0 Å². The van der Waals surface area contributed by atoms with E-state index in [1.165, 1.54) is 6.42 Å². The lowest BCUT2D eigenvalue weighted by molar-refractivity contribution is 0.0200. The number of thiol groups is 1. The van der Waals surface area contributed by atoms with Crippen LogP contribution in [0.3, 0.4) is 0 Å². The molecular weight excluding hydrogens is 196 g/mol. The van der Waals surface area contributed by atoms with Crippen LogP contribution in [0.4, 0.5) is 0 Å². The molecule has 0 aromatic heterocycles. The Kier molecular flexibility index (Phi) is 8.73. The second kappa shape index (κ2) is 8.57. The van der Waals surface area contributed by atoms with Gasteiger partial charge in [0.2, 0.25) is 0 Å². The van der Waals surface area contributed by atoms with Crippen molar-refractivity contribution in [2.45, 2.75) is 33.6 Å². The predicted octanol–water partition coefficient (Wildman–Crippen LogP) is 2.78. The summed E-state index contributed by atoms with van der Waals surface area (Å²) in [5.41, 5.74) is 0.173. The molecule has 14 heavy (non-hydrogen) atoms. The Balaban J connectivity index is 3.13. The number of hydrogen-bond donors (Lipinski definition) is 1. The molecule has 0 aromatic rings. The van der Waals surface area contributed by atoms with Crippen LogP contribution < -0.4 is 0 Å². The SMILES string of the molecule is CCCCOCCOCC(C)(C)CS. The van der Waals surface area contributed by atoms with E-state index in [1.807, 2.05) is 0 Å². The highest BCUT2D eigenvalue weighted by molar-refractivity contribution is 7.80. The highest BCUT2D eigenvalue weighted by atomic mass is 32.1. The van der Waals surface area contributed by atoms with Crippen molar-refractivity contribution in [3.63, 3.8) is 0 Å². The van der Waals surface area contributed by atoms with Crippen molar-refractivity contribution in [2.24, 2.45) is 5.41 Å². The van der Waals surface area contributed by atoms with Gasteiger partial charge in [-0.1, -0.05) is 27.2 Å². The Morgan fingerprint density at radius 1 is 1.07 bits per heavy atom. The molecule has 0 aliphatic carbocycles. The lowest BCUT2D eigenvalue weighted by Crippen LogP contribution is -2.22. The highest BCUT2D eigenvalue weighted by Crippen LogP contribution is 2.16. The molecule has 0 amide bonds. The van der Waals surface area contributed by atoms with Crippen LogP contribution in [-0.2, 0) is 9.47 Å². The number of rotatable bonds is 9. The first-order valence-electron chi connectivity index (χ1n) is 5.39. The largest absolute Gasteiger partial charge is 0.379 e. The first-order valence-corrected chi connectivity index (χ1v) is 6.02. The lowest BCUT2D eigenvalue weighted by atomic mass is 9.98. The van der Waals surface area contributed by atoms with Gasteiger partial charge in [-0.15, -0.1) is 0 Å². The molecule has 0 bridgehead atoms. The molecule has 0 atom stereocenters. The van der Waals surface area contributed by atoms with Gasteiger partial charge in [0, 0.05) is 6.61 Å². The van der Waals surface area contributed by atoms with E-state index >= 15 is 0 Å². The smallest absolute Gasteiger partial charge is 0.0700 e. The van der Waals surface area contributed by atoms with E-state index in [4.69, 9.17) is 9.47 Å². The molecule has 0 saturated carbocycles. The molecule has 0 saturated heterocycles. The fourth-order valence-corrected chi connectivity index (χ4v) is 0.952. The number of ether oxygens (including phenoxy) is 2. The Labute approximate surface area is 93.8 Å². The summed E-state index contributed by atoms with van der Waals surface area (Å²) in [6.45, 7) is 9.48. The van der Waals surface area contributed by atoms with Gasteiger partial charge >= 0.3 is 0 Å². The molecular formula is C11H24O2S. The lowest BCUT2D eigenvalue weighted by Gasteiger charge is -2.21. The van der Waals surface area contributed by atoms with Crippen molar-refractivity contribution in [3.8, 4) is 0 Å². The van der Waals surface area contributed by atoms with Crippen molar-refractivity contribution in [3.05, 3.63) is 0 Å². The van der Waals surface area contributed by atoms with Crippen molar-refractivity contribution >= 4 is 12.6 Å². The Bertz CT molecular complexity index is 126. The van der Waals surface area contributed by atoms with Gasteiger partial charge in [0.1, 0.15) is 0 Å². The normalized spacial score (nSPS) is 12.0. The molecule has 0 heterocycles. The van der Waals surface area contributed by atoms with Crippen LogP contribution in [0.25, 0.3) is 0 Å². The second-order valence-electron chi connectivity index (χ2n) is 4.34. The maximum absolute atomic E-state index is 5.50. The maximum Gasteiger partial charge on any atom is 0.0700 e. The van der Waals surface area contributed by atoms with Gasteiger partial charge in [-0.3, -0.25) is 0 Å². The zero-order chi connectivity index (χ0) is 10.9. The first-order chi connectivity index (χ1) is 6.62. The van der Waals surface area contributed by atoms with Gasteiger partial charge in [-0.05, 0) is 17.6 Å². The average Bonchev–Trinajstić information content (AvgIpc) is 2.16. The van der Waals surface area contributed by atoms with Crippen molar-refractivity contribution in [1.82, 2.24) is 0 Å². The summed E-state index contributed by atoms with van der Waals surface area (Å²) in [7, 11) is 0. The van der Waals surface area contributed by atoms with E-state index < -0.39 is 0 Å². The average molecular weight is 220 g/mol. The first kappa shape index (κ1) is 14.3. The van der Waals surface area contributed by atoms with Gasteiger partial charge in [-0.2, -0.15) is 12.6 Å². The third kappa shape index (κ3) is 8.85. The predicted molar refractivity (Wildman–Crippen MR) is 64.2 cm³/mol. The molecule has 0 aromatic carbocycles. The van der Waals surface area contributed by atoms with E-state index in [-0.39, 0.29) is 5.41 Å². The van der Waals surface area contributed by atoms with Gasteiger partial charge in [-0.25, -0.2) is 0 Å². The fraction of sp³-hybridized carbons (Fsp3) is 1.00. The highest BCUT2D eigenvalue weighted by Gasteiger charge is 2.15. The monoisotopic (exact) mass is 220 g/mol. The minimum atomic E-state index is 0.173. The van der Waals surface area contributed by atoms with E-state index in [0.717, 1.165) is 25.4 Å². The zero-order valence-electron chi connectivity index (χ0n) is 9.71. The molecule has 86 valence electrons. The topological polar surface area (TPSA) is 18.5 Å². The second-order valence-corrected chi connectivity index (χ2v) is 4.66. The van der Waals surface area contributed by atoms with E-state index in [2.05, 4.69) is 33.4 Å². The summed E-state index contributed by atoms with van der Waals surface area (Å²) in [6.07, 6.45) is 2.33. The molecule has 0 unspecified atom stereocenters. The van der Waals surface area contributed by atoms with E-state index in [1.54, 1.807) is 0 Å². The van der Waals surface area contributed by atoms with Crippen LogP contribution in [0.5, 0.6) is 0 Å². The Hall–Kier alpha value is 0.270. The summed E-state index contributed by atoms with van der Waals surface area (Å²) >= 11 is 4.26. The summed E-state index contributed by atoms with van der Waals surface area (Å²) in [4.78, 5) is 0. The summed E-state index contributed by atoms with van der Waals surface area (Å²) in [5, 5.41) is 0. The van der Waals surface area contributed by atoms with E-state index in [9.17, 15) is 0 Å². The molecule has 0 spiro atoms. The minimum absolute atomic E-state index is 0.173. The fourth-order valence-electron chi connectivity index (χ4n) is 0.860. The van der Waals surface area contributed by atoms with Crippen LogP contribution in [0.1, 0.15) is 33.6 Å². The van der Waals surface area contributed by atoms with Gasteiger partial charge < -0.3 is 9.47 Å². The molecule has 0 fully saturated rings. The van der Waals surface area contributed by atoms with Crippen LogP contribution in [0, 0.1) is 5.41 Å². The van der Waals surface area contributed by atoms with Crippen molar-refractivity contribution in [1.29, 1.82) is 0 Å². The summed E-state index contributed by atoms with van der Waals surface area (Å²) < 4.78 is 10.9. The molecule has 0 rings (SSSR count). The van der Waals surface area contributed by atoms with Crippen LogP contribution in [0.15, 0.2) is 0 Å². The third-order valence-electron chi connectivity index (χ3n) is 1.94. The van der Waals surface area contributed by atoms with Crippen LogP contribution in [0.2, 0.25) is 0 Å². The number of unbranched alkanes of at least 4 members (excludes halogenated alkanes) is 1. The van der Waals surface area contributed by atoms with Gasteiger partial charge in [0.25, 0.3) is 0 Å². The molecule has 0 aliphatic rings. The minimum Gasteiger partial charge on any atom is -0.379 e. The Morgan fingerprint density at radius 2 is 1.71 bits per heavy atom. The zero-order valence-corrected chi connectivity index (χ0v) is 10.6. The van der Waals surface area contributed by atoms with Crippen molar-refractivity contribution < 1.29 is 9.47 Å². The molecule has 3 heteroatoms. The third-order valence-corrected chi connectivity index (χ3v) is 2.79. The summed E-state index contributed by atoms with van der Waals surface area (Å²) in [6, 6.07) is 0. The van der Waals surface area contributed by atoms with Crippen molar-refractivity contribution in [2.75, 3.05) is 32.2 Å². The molecule has 2 nitrogen and oxygen atoms in total. The van der Waals surface area contributed by atoms with Crippen LogP contribution >= 0.6 is 12.6 Å². The molecule has 0 aliphatic heterocycles. The molecule has 0 radical (unpaired) electrons. The van der Waals surface area contributed by atoms with Gasteiger partial charge in [0.05, 0.1) is 19.8 Å². The molecule has 0 N–H and O–H groups in total. The van der Waals surface area contributed by atoms with Crippen LogP contribution in [-0.4, -0.2) is 32.2 Å².